The van der Waals surface area contributed by atoms with Gasteiger partial charge in [-0.3, -0.25) is 9.59 Å². The molecule has 1 amide bonds. The van der Waals surface area contributed by atoms with E-state index in [0.29, 0.717) is 18.4 Å². The van der Waals surface area contributed by atoms with Crippen LogP contribution in [0.3, 0.4) is 0 Å². The topological polar surface area (TPSA) is 119 Å². The second-order valence-corrected chi connectivity index (χ2v) is 10.4. The van der Waals surface area contributed by atoms with Gasteiger partial charge in [0.2, 0.25) is 10.0 Å². The molecule has 1 aliphatic rings. The second-order valence-electron chi connectivity index (χ2n) is 7.27. The van der Waals surface area contributed by atoms with Crippen LogP contribution in [-0.4, -0.2) is 52.5 Å². The number of halogens is 2. The largest absolute Gasteiger partial charge is 0.454 e. The van der Waals surface area contributed by atoms with Gasteiger partial charge in [-0.2, -0.15) is 13.1 Å². The van der Waals surface area contributed by atoms with Crippen LogP contribution in [0.4, 0.5) is 5.69 Å². The Kier molecular flexibility index (Phi) is 7.15. The van der Waals surface area contributed by atoms with Crippen molar-refractivity contribution in [1.82, 2.24) is 13.1 Å². The van der Waals surface area contributed by atoms with E-state index in [1.54, 1.807) is 30.3 Å². The number of carbonyl (C=O) groups excluding carboxylic acids is 2. The molecule has 3 aromatic rings. The van der Waals surface area contributed by atoms with Crippen molar-refractivity contribution in [3.8, 4) is 0 Å². The van der Waals surface area contributed by atoms with Crippen molar-refractivity contribution in [2.75, 3.05) is 18.5 Å². The number of anilines is 1. The molecule has 1 atom stereocenters. The molecule has 1 aliphatic heterocycles. The van der Waals surface area contributed by atoms with Crippen LogP contribution in [0.15, 0.2) is 41.3 Å². The predicted octanol–water partition coefficient (Wildman–Crippen LogP) is 3.72. The normalized spacial score (nSPS) is 17.1. The molecule has 2 heterocycles. The standard InChI is InChI=1S/C20H18Cl2N4O5S2/c21-12-5-3-6-13(18(12)22)23-17(27)11-31-20(28)15-8-1-2-10-26(15)33(29,30)16-9-4-7-14-19(16)25-32-24-14/h3-7,9,15H,1-2,8,10-11H2,(H,23,27). The number of sulfonamides is 1. The third-order valence-electron chi connectivity index (χ3n) is 5.13. The fraction of sp³-hybridized carbons (Fsp3) is 0.300. The van der Waals surface area contributed by atoms with Crippen molar-refractivity contribution < 1.29 is 22.7 Å². The minimum Gasteiger partial charge on any atom is -0.454 e. The van der Waals surface area contributed by atoms with Gasteiger partial charge in [-0.05, 0) is 43.5 Å². The molecule has 0 bridgehead atoms. The first-order chi connectivity index (χ1) is 15.8. The van der Waals surface area contributed by atoms with E-state index in [1.807, 2.05) is 0 Å². The average Bonchev–Trinajstić information content (AvgIpc) is 3.29. The Bertz CT molecular complexity index is 1310. The monoisotopic (exact) mass is 528 g/mol. The van der Waals surface area contributed by atoms with E-state index in [0.717, 1.165) is 16.0 Å². The van der Waals surface area contributed by atoms with Crippen LogP contribution < -0.4 is 5.32 Å². The number of nitrogens with zero attached hydrogens (tertiary/aromatic N) is 3. The number of hydrogen-bond acceptors (Lipinski definition) is 8. The number of fused-ring (bicyclic) bond motifs is 1. The van der Waals surface area contributed by atoms with Crippen molar-refractivity contribution in [1.29, 1.82) is 0 Å². The zero-order valence-electron chi connectivity index (χ0n) is 17.0. The molecule has 1 unspecified atom stereocenters. The number of aromatic nitrogens is 2. The Balaban J connectivity index is 1.48. The van der Waals surface area contributed by atoms with Gasteiger partial charge >= 0.3 is 5.97 Å². The smallest absolute Gasteiger partial charge is 0.324 e. The number of esters is 1. The lowest BCUT2D eigenvalue weighted by Crippen LogP contribution is -2.49. The Morgan fingerprint density at radius 2 is 1.94 bits per heavy atom. The second kappa shape index (κ2) is 9.90. The van der Waals surface area contributed by atoms with Gasteiger partial charge < -0.3 is 10.1 Å². The first-order valence-electron chi connectivity index (χ1n) is 9.92. The van der Waals surface area contributed by atoms with Gasteiger partial charge in [-0.25, -0.2) is 8.42 Å². The highest BCUT2D eigenvalue weighted by Gasteiger charge is 2.39. The van der Waals surface area contributed by atoms with E-state index in [1.165, 1.54) is 6.07 Å². The number of hydrogen-bond donors (Lipinski definition) is 1. The maximum Gasteiger partial charge on any atom is 0.324 e. The molecular formula is C20H18Cl2N4O5S2. The average molecular weight is 529 g/mol. The lowest BCUT2D eigenvalue weighted by molar-refractivity contribution is -0.152. The lowest BCUT2D eigenvalue weighted by Gasteiger charge is -2.32. The summed E-state index contributed by atoms with van der Waals surface area (Å²) in [6, 6.07) is 8.38. The number of benzene rings is 2. The molecule has 13 heteroatoms. The molecule has 1 saturated heterocycles. The molecule has 9 nitrogen and oxygen atoms in total. The molecule has 0 saturated carbocycles. The van der Waals surface area contributed by atoms with Crippen molar-refractivity contribution in [3.63, 3.8) is 0 Å². The lowest BCUT2D eigenvalue weighted by atomic mass is 10.1. The third-order valence-corrected chi connectivity index (χ3v) is 8.43. The quantitative estimate of drug-likeness (QED) is 0.484. The Labute approximate surface area is 204 Å². The summed E-state index contributed by atoms with van der Waals surface area (Å²) in [5.41, 5.74) is 1.00. The van der Waals surface area contributed by atoms with E-state index in [9.17, 15) is 18.0 Å². The summed E-state index contributed by atoms with van der Waals surface area (Å²) in [6.45, 7) is -0.446. The molecule has 1 N–H and O–H groups in total. The highest BCUT2D eigenvalue weighted by atomic mass is 35.5. The molecule has 1 aromatic heterocycles. The van der Waals surface area contributed by atoms with Gasteiger partial charge in [-0.15, -0.1) is 0 Å². The van der Waals surface area contributed by atoms with E-state index >= 15 is 0 Å². The summed E-state index contributed by atoms with van der Waals surface area (Å²) in [5, 5.41) is 2.94. The van der Waals surface area contributed by atoms with Crippen LogP contribution in [0.5, 0.6) is 0 Å². The number of rotatable bonds is 6. The zero-order valence-corrected chi connectivity index (χ0v) is 20.2. The van der Waals surface area contributed by atoms with Crippen LogP contribution in [0.2, 0.25) is 10.0 Å². The molecule has 2 aromatic carbocycles. The molecule has 0 radical (unpaired) electrons. The van der Waals surface area contributed by atoms with Crippen LogP contribution in [0.25, 0.3) is 11.0 Å². The Morgan fingerprint density at radius 3 is 2.76 bits per heavy atom. The summed E-state index contributed by atoms with van der Waals surface area (Å²) in [5.74, 6) is -1.43. The number of carbonyl (C=O) groups is 2. The van der Waals surface area contributed by atoms with Gasteiger partial charge in [0, 0.05) is 6.54 Å². The van der Waals surface area contributed by atoms with Crippen LogP contribution >= 0.6 is 34.9 Å². The first-order valence-corrected chi connectivity index (χ1v) is 12.9. The van der Waals surface area contributed by atoms with Crippen molar-refractivity contribution >= 4 is 73.6 Å². The number of amides is 1. The summed E-state index contributed by atoms with van der Waals surface area (Å²) < 4.78 is 41.3. The Morgan fingerprint density at radius 1 is 1.15 bits per heavy atom. The van der Waals surface area contributed by atoms with Gasteiger partial charge in [-0.1, -0.05) is 35.3 Å². The molecule has 174 valence electrons. The van der Waals surface area contributed by atoms with Gasteiger partial charge in [0.15, 0.2) is 6.61 Å². The number of nitrogens with one attached hydrogen (secondary N) is 1. The van der Waals surface area contributed by atoms with Crippen molar-refractivity contribution in [3.05, 3.63) is 46.4 Å². The fourth-order valence-corrected chi connectivity index (χ4v) is 6.31. The van der Waals surface area contributed by atoms with Gasteiger partial charge in [0.05, 0.1) is 27.5 Å². The highest BCUT2D eigenvalue weighted by molar-refractivity contribution is 7.89. The summed E-state index contributed by atoms with van der Waals surface area (Å²) >= 11 is 12.9. The van der Waals surface area contributed by atoms with Crippen LogP contribution in [-0.2, 0) is 24.3 Å². The van der Waals surface area contributed by atoms with Gasteiger partial charge in [0.25, 0.3) is 5.91 Å². The van der Waals surface area contributed by atoms with Crippen molar-refractivity contribution in [2.24, 2.45) is 0 Å². The fourth-order valence-electron chi connectivity index (χ4n) is 3.56. The maximum atomic E-state index is 13.4. The van der Waals surface area contributed by atoms with Crippen molar-refractivity contribution in [2.45, 2.75) is 30.2 Å². The summed E-state index contributed by atoms with van der Waals surface area (Å²) in [7, 11) is -4.05. The molecule has 33 heavy (non-hydrogen) atoms. The van der Waals surface area contributed by atoms with E-state index < -0.39 is 34.5 Å². The number of ether oxygens (including phenoxy) is 1. The van der Waals surface area contributed by atoms with E-state index in [-0.39, 0.29) is 39.1 Å². The number of piperidine rings is 1. The van der Waals surface area contributed by atoms with Gasteiger partial charge in [0.1, 0.15) is 22.0 Å². The van der Waals surface area contributed by atoms with Crippen LogP contribution in [0.1, 0.15) is 19.3 Å². The zero-order chi connectivity index (χ0) is 23.6. The molecule has 0 spiro atoms. The summed E-state index contributed by atoms with van der Waals surface area (Å²) in [4.78, 5) is 25.0. The maximum absolute atomic E-state index is 13.4. The summed E-state index contributed by atoms with van der Waals surface area (Å²) in [6.07, 6.45) is 1.53. The molecule has 0 aliphatic carbocycles. The third kappa shape index (κ3) is 4.97. The van der Waals surface area contributed by atoms with E-state index in [2.05, 4.69) is 14.1 Å². The SMILES string of the molecule is O=C(COC(=O)C1CCCCN1S(=O)(=O)c1cccc2nsnc12)Nc1cccc(Cl)c1Cl. The van der Waals surface area contributed by atoms with Crippen LogP contribution in [0, 0.1) is 0 Å². The molecule has 1 fully saturated rings. The molecular weight excluding hydrogens is 511 g/mol. The highest BCUT2D eigenvalue weighted by Crippen LogP contribution is 2.31. The minimum absolute atomic E-state index is 0.0122. The molecule has 4 rings (SSSR count). The Hall–Kier alpha value is -2.31. The first kappa shape index (κ1) is 23.8. The van der Waals surface area contributed by atoms with E-state index in [4.69, 9.17) is 27.9 Å². The minimum atomic E-state index is -4.05. The predicted molar refractivity (Wildman–Crippen MR) is 125 cm³/mol.